The van der Waals surface area contributed by atoms with Gasteiger partial charge in [-0.2, -0.15) is 10.2 Å². The number of thiazole rings is 1. The van der Waals surface area contributed by atoms with Gasteiger partial charge in [0, 0.05) is 5.38 Å². The monoisotopic (exact) mass is 402 g/mol. The van der Waals surface area contributed by atoms with Gasteiger partial charge in [-0.25, -0.2) is 9.88 Å². The first-order chi connectivity index (χ1) is 11.3. The lowest BCUT2D eigenvalue weighted by Gasteiger charge is -2.01. The third-order valence-corrected chi connectivity index (χ3v) is 4.49. The van der Waals surface area contributed by atoms with E-state index in [0.717, 1.165) is 28.7 Å². The number of aryl methyl sites for hydroxylation is 1. The largest absolute Gasteiger partial charge is 1.00 e. The van der Waals surface area contributed by atoms with Crippen molar-refractivity contribution in [3.63, 3.8) is 0 Å². The number of rotatable bonds is 5. The Labute approximate surface area is 156 Å². The van der Waals surface area contributed by atoms with Gasteiger partial charge < -0.3 is 17.0 Å². The molecule has 24 heavy (non-hydrogen) atoms. The van der Waals surface area contributed by atoms with E-state index < -0.39 is 0 Å². The number of hydrogen-bond donors (Lipinski definition) is 1. The predicted molar refractivity (Wildman–Crippen MR) is 95.3 cm³/mol. The summed E-state index contributed by atoms with van der Waals surface area (Å²) in [6.07, 6.45) is 0. The number of azo groups is 1. The molecule has 0 saturated carbocycles. The lowest BCUT2D eigenvalue weighted by atomic mass is 10.3. The van der Waals surface area contributed by atoms with Crippen LogP contribution in [-0.2, 0) is 6.54 Å². The first kappa shape index (κ1) is 18.3. The number of aromatic nitrogens is 1. The standard InChI is InChI=1S/C18H18N4S.BrH/c1-3-22-14(2)13-23-18(22)19-15-9-11-17(12-10-15)21-20-16-7-5-4-6-8-16;/h4-13H,3H2,1-2H3;1H. The summed E-state index contributed by atoms with van der Waals surface area (Å²) in [5, 5.41) is 15.2. The highest BCUT2D eigenvalue weighted by Crippen LogP contribution is 2.23. The van der Waals surface area contributed by atoms with Crippen molar-refractivity contribution < 1.29 is 21.5 Å². The predicted octanol–water partition coefficient (Wildman–Crippen LogP) is 2.53. The number of anilines is 2. The molecular formula is C18H19BrN4S. The van der Waals surface area contributed by atoms with Gasteiger partial charge in [0.2, 0.25) is 0 Å². The van der Waals surface area contributed by atoms with Gasteiger partial charge in [-0.05, 0) is 50.2 Å². The molecule has 3 rings (SSSR count). The van der Waals surface area contributed by atoms with Gasteiger partial charge in [-0.1, -0.05) is 29.5 Å². The van der Waals surface area contributed by atoms with Gasteiger partial charge in [0.1, 0.15) is 11.4 Å². The molecule has 2 aromatic carbocycles. The maximum Gasteiger partial charge on any atom is 0.339 e. The van der Waals surface area contributed by atoms with Crippen LogP contribution >= 0.6 is 11.3 Å². The van der Waals surface area contributed by atoms with Crippen molar-refractivity contribution in [2.45, 2.75) is 20.4 Å². The Morgan fingerprint density at radius 3 is 2.21 bits per heavy atom. The van der Waals surface area contributed by atoms with Gasteiger partial charge in [0.15, 0.2) is 0 Å². The van der Waals surface area contributed by atoms with Crippen molar-refractivity contribution in [1.29, 1.82) is 0 Å². The molecule has 4 nitrogen and oxygen atoms in total. The van der Waals surface area contributed by atoms with Gasteiger partial charge in [0.05, 0.1) is 17.9 Å². The van der Waals surface area contributed by atoms with E-state index >= 15 is 0 Å². The van der Waals surface area contributed by atoms with Crippen LogP contribution in [0.3, 0.4) is 0 Å². The van der Waals surface area contributed by atoms with E-state index in [0.29, 0.717) is 0 Å². The zero-order chi connectivity index (χ0) is 16.1. The van der Waals surface area contributed by atoms with Crippen molar-refractivity contribution in [1.82, 2.24) is 0 Å². The Kier molecular flexibility index (Phi) is 6.63. The second-order valence-corrected chi connectivity index (χ2v) is 5.99. The van der Waals surface area contributed by atoms with Crippen LogP contribution in [0.5, 0.6) is 0 Å². The summed E-state index contributed by atoms with van der Waals surface area (Å²) >= 11 is 1.72. The number of halogens is 1. The molecular weight excluding hydrogens is 384 g/mol. The molecule has 0 aliphatic rings. The average molecular weight is 403 g/mol. The molecule has 0 spiro atoms. The third-order valence-electron chi connectivity index (χ3n) is 3.48. The Hall–Kier alpha value is -2.05. The summed E-state index contributed by atoms with van der Waals surface area (Å²) in [5.74, 6) is 0. The van der Waals surface area contributed by atoms with Gasteiger partial charge in [0.25, 0.3) is 0 Å². The molecule has 0 radical (unpaired) electrons. The fourth-order valence-corrected chi connectivity index (χ4v) is 3.25. The van der Waals surface area contributed by atoms with E-state index in [2.05, 4.69) is 39.3 Å². The van der Waals surface area contributed by atoms with Gasteiger partial charge >= 0.3 is 5.13 Å². The van der Waals surface area contributed by atoms with Crippen LogP contribution in [0.25, 0.3) is 0 Å². The first-order valence-corrected chi connectivity index (χ1v) is 8.46. The Balaban J connectivity index is 0.00000208. The number of nitrogens with zero attached hydrogens (tertiary/aromatic N) is 3. The summed E-state index contributed by atoms with van der Waals surface area (Å²) in [6.45, 7) is 5.23. The number of nitrogens with one attached hydrogen (secondary N) is 1. The van der Waals surface area contributed by atoms with Crippen LogP contribution in [0.4, 0.5) is 22.2 Å². The quantitative estimate of drug-likeness (QED) is 0.516. The van der Waals surface area contributed by atoms with Crippen LogP contribution in [-0.4, -0.2) is 0 Å². The van der Waals surface area contributed by atoms with Gasteiger partial charge in [-0.3, -0.25) is 0 Å². The van der Waals surface area contributed by atoms with Crippen molar-refractivity contribution in [2.24, 2.45) is 10.2 Å². The summed E-state index contributed by atoms with van der Waals surface area (Å²) < 4.78 is 2.26. The van der Waals surface area contributed by atoms with Crippen LogP contribution in [0, 0.1) is 6.92 Å². The topological polar surface area (TPSA) is 40.6 Å². The lowest BCUT2D eigenvalue weighted by Crippen LogP contribution is -3.00. The van der Waals surface area contributed by atoms with Crippen molar-refractivity contribution in [2.75, 3.05) is 5.32 Å². The molecule has 1 N–H and O–H groups in total. The highest BCUT2D eigenvalue weighted by molar-refractivity contribution is 7.13. The smallest absolute Gasteiger partial charge is 0.339 e. The van der Waals surface area contributed by atoms with E-state index in [1.165, 1.54) is 5.69 Å². The molecule has 0 fully saturated rings. The van der Waals surface area contributed by atoms with Crippen LogP contribution in [0.1, 0.15) is 12.6 Å². The van der Waals surface area contributed by atoms with Gasteiger partial charge in [-0.15, -0.1) is 0 Å². The molecule has 6 heteroatoms. The zero-order valence-corrected chi connectivity index (χ0v) is 16.0. The fraction of sp³-hybridized carbons (Fsp3) is 0.167. The Bertz CT molecular complexity index is 798. The summed E-state index contributed by atoms with van der Waals surface area (Å²) in [7, 11) is 0. The van der Waals surface area contributed by atoms with Crippen LogP contribution in [0.15, 0.2) is 70.2 Å². The second kappa shape index (κ2) is 8.70. The maximum absolute atomic E-state index is 4.26. The highest BCUT2D eigenvalue weighted by Gasteiger charge is 2.13. The van der Waals surface area contributed by atoms with E-state index in [4.69, 9.17) is 0 Å². The van der Waals surface area contributed by atoms with Crippen molar-refractivity contribution in [3.05, 3.63) is 65.7 Å². The summed E-state index contributed by atoms with van der Waals surface area (Å²) in [5.41, 5.74) is 4.01. The number of benzene rings is 2. The maximum atomic E-state index is 4.26. The fourth-order valence-electron chi connectivity index (χ4n) is 2.26. The Morgan fingerprint density at radius 1 is 0.958 bits per heavy atom. The number of hydrogen-bond acceptors (Lipinski definition) is 4. The third kappa shape index (κ3) is 4.49. The molecule has 0 aliphatic carbocycles. The molecule has 124 valence electrons. The molecule has 1 heterocycles. The minimum absolute atomic E-state index is 0. The highest BCUT2D eigenvalue weighted by atomic mass is 79.9. The van der Waals surface area contributed by atoms with E-state index in [1.807, 2.05) is 54.6 Å². The molecule has 0 bridgehead atoms. The van der Waals surface area contributed by atoms with Crippen LogP contribution in [0.2, 0.25) is 0 Å². The van der Waals surface area contributed by atoms with Crippen molar-refractivity contribution in [3.8, 4) is 0 Å². The normalized spacial score (nSPS) is 10.6. The molecule has 3 aromatic rings. The zero-order valence-electron chi connectivity index (χ0n) is 13.6. The molecule has 0 amide bonds. The van der Waals surface area contributed by atoms with E-state index in [1.54, 1.807) is 11.3 Å². The van der Waals surface area contributed by atoms with E-state index in [9.17, 15) is 0 Å². The molecule has 0 unspecified atom stereocenters. The minimum atomic E-state index is 0. The second-order valence-electron chi connectivity index (χ2n) is 5.13. The van der Waals surface area contributed by atoms with Crippen LogP contribution < -0.4 is 26.9 Å². The molecule has 1 aromatic heterocycles. The summed E-state index contributed by atoms with van der Waals surface area (Å²) in [6, 6.07) is 17.7. The Morgan fingerprint density at radius 2 is 1.58 bits per heavy atom. The first-order valence-electron chi connectivity index (χ1n) is 7.58. The van der Waals surface area contributed by atoms with E-state index in [-0.39, 0.29) is 17.0 Å². The minimum Gasteiger partial charge on any atom is -1.00 e. The molecule has 0 aliphatic heterocycles. The SMILES string of the molecule is CC[n+]1c(C)csc1Nc1ccc(N=Nc2ccccc2)cc1.[Br-]. The summed E-state index contributed by atoms with van der Waals surface area (Å²) in [4.78, 5) is 0. The molecule has 0 saturated heterocycles. The lowest BCUT2D eigenvalue weighted by molar-refractivity contribution is -0.681. The average Bonchev–Trinajstić information content (AvgIpc) is 2.95. The van der Waals surface area contributed by atoms with Crippen molar-refractivity contribution >= 4 is 33.5 Å². The molecule has 0 atom stereocenters.